The van der Waals surface area contributed by atoms with Gasteiger partial charge in [0, 0.05) is 24.6 Å². The summed E-state index contributed by atoms with van der Waals surface area (Å²) in [5.74, 6) is -1.06. The zero-order valence-electron chi connectivity index (χ0n) is 14.5. The van der Waals surface area contributed by atoms with Gasteiger partial charge in [0.15, 0.2) is 0 Å². The molecule has 1 aliphatic rings. The van der Waals surface area contributed by atoms with Gasteiger partial charge in [-0.2, -0.15) is 0 Å². The number of aromatic nitrogens is 1. The van der Waals surface area contributed by atoms with Crippen molar-refractivity contribution in [2.45, 2.75) is 19.4 Å². The first kappa shape index (κ1) is 18.2. The van der Waals surface area contributed by atoms with Crippen LogP contribution in [0.15, 0.2) is 66.9 Å². The van der Waals surface area contributed by atoms with E-state index in [9.17, 15) is 14.4 Å². The first-order valence-electron chi connectivity index (χ1n) is 8.40. The number of nitrogens with zero attached hydrogens (tertiary/aromatic N) is 1. The monoisotopic (exact) mass is 366 g/mol. The molecule has 0 unspecified atom stereocenters. The Morgan fingerprint density at radius 3 is 2.30 bits per heavy atom. The number of benzene rings is 2. The van der Waals surface area contributed by atoms with Crippen molar-refractivity contribution in [1.29, 1.82) is 0 Å². The molecule has 2 aromatic carbocycles. The Bertz CT molecular complexity index is 889. The van der Waals surface area contributed by atoms with Crippen LogP contribution in [0.3, 0.4) is 0 Å². The van der Waals surface area contributed by atoms with Crippen LogP contribution in [0.1, 0.15) is 18.4 Å². The van der Waals surface area contributed by atoms with Crippen molar-refractivity contribution < 1.29 is 24.0 Å². The van der Waals surface area contributed by atoms with Crippen molar-refractivity contribution in [3.8, 4) is 0 Å². The second kappa shape index (κ2) is 8.66. The highest BCUT2D eigenvalue weighted by Crippen LogP contribution is 2.13. The molecule has 0 atom stereocenters. The summed E-state index contributed by atoms with van der Waals surface area (Å²) in [4.78, 5) is 41.3. The zero-order chi connectivity index (χ0) is 19.1. The molecule has 7 nitrogen and oxygen atoms in total. The van der Waals surface area contributed by atoms with Gasteiger partial charge in [0.05, 0.1) is 0 Å². The largest absolute Gasteiger partial charge is 0.534 e. The molecule has 4 rings (SSSR count). The van der Waals surface area contributed by atoms with Gasteiger partial charge in [-0.3, -0.25) is 14.4 Å². The predicted octanol–water partition coefficient (Wildman–Crippen LogP) is 3.57. The van der Waals surface area contributed by atoms with Gasteiger partial charge in [0.25, 0.3) is 11.8 Å². The van der Waals surface area contributed by atoms with Gasteiger partial charge in [-0.1, -0.05) is 53.6 Å². The highest BCUT2D eigenvalue weighted by Gasteiger charge is 2.33. The van der Waals surface area contributed by atoms with Crippen LogP contribution >= 0.6 is 0 Å². The Hall–Kier alpha value is -3.61. The third-order valence-electron chi connectivity index (χ3n) is 3.83. The molecule has 0 aliphatic carbocycles. The third-order valence-corrected chi connectivity index (χ3v) is 3.83. The topological polar surface area (TPSA) is 88.7 Å². The van der Waals surface area contributed by atoms with E-state index in [0.717, 1.165) is 5.56 Å². The van der Waals surface area contributed by atoms with E-state index in [1.165, 1.54) is 10.9 Å². The van der Waals surface area contributed by atoms with E-state index in [0.29, 0.717) is 5.06 Å². The van der Waals surface area contributed by atoms with Crippen LogP contribution in [0.2, 0.25) is 0 Å². The number of H-pyrrole nitrogens is 1. The number of hydroxylamine groups is 2. The lowest BCUT2D eigenvalue weighted by atomic mass is 10.2. The Morgan fingerprint density at radius 1 is 0.926 bits per heavy atom. The molecule has 2 amide bonds. The molecule has 0 radical (unpaired) electrons. The number of carbonyl (C=O) groups is 3. The molecule has 138 valence electrons. The lowest BCUT2D eigenvalue weighted by molar-refractivity contribution is -0.177. The van der Waals surface area contributed by atoms with Gasteiger partial charge < -0.3 is 9.72 Å². The quantitative estimate of drug-likeness (QED) is 0.565. The minimum absolute atomic E-state index is 0.0237. The fraction of sp³-hybridized carbons (Fsp3) is 0.150. The van der Waals surface area contributed by atoms with E-state index in [2.05, 4.69) is 28.0 Å². The molecular formula is C20H18N2O5. The van der Waals surface area contributed by atoms with Crippen LogP contribution in [-0.4, -0.2) is 28.0 Å². The molecule has 1 aromatic heterocycles. The van der Waals surface area contributed by atoms with Crippen LogP contribution in [-0.2, 0) is 25.8 Å². The maximum Gasteiger partial charge on any atom is 0.534 e. The third kappa shape index (κ3) is 4.94. The van der Waals surface area contributed by atoms with E-state index in [1.807, 2.05) is 24.4 Å². The van der Waals surface area contributed by atoms with E-state index in [1.54, 1.807) is 24.3 Å². The van der Waals surface area contributed by atoms with Crippen molar-refractivity contribution in [2.75, 3.05) is 0 Å². The van der Waals surface area contributed by atoms with Gasteiger partial charge in [-0.15, -0.1) is 0 Å². The van der Waals surface area contributed by atoms with Crippen molar-refractivity contribution in [1.82, 2.24) is 10.0 Å². The summed E-state index contributed by atoms with van der Waals surface area (Å²) >= 11 is 0. The number of rotatable bonds is 3. The summed E-state index contributed by atoms with van der Waals surface area (Å²) in [5.41, 5.74) is 1.99. The Balaban J connectivity index is 0.000000193. The molecule has 1 saturated heterocycles. The van der Waals surface area contributed by atoms with Gasteiger partial charge in [0.2, 0.25) is 0 Å². The van der Waals surface area contributed by atoms with Crippen molar-refractivity contribution in [3.05, 3.63) is 72.4 Å². The van der Waals surface area contributed by atoms with Crippen LogP contribution in [0, 0.1) is 0 Å². The summed E-state index contributed by atoms with van der Waals surface area (Å²) in [5, 5.41) is 1.73. The molecule has 1 N–H and O–H groups in total. The van der Waals surface area contributed by atoms with Gasteiger partial charge in [0.1, 0.15) is 6.61 Å². The number of aromatic amines is 1. The zero-order valence-corrected chi connectivity index (χ0v) is 14.5. The predicted molar refractivity (Wildman–Crippen MR) is 97.1 cm³/mol. The summed E-state index contributed by atoms with van der Waals surface area (Å²) in [6.07, 6.45) is 1.00. The van der Waals surface area contributed by atoms with Crippen LogP contribution < -0.4 is 0 Å². The Morgan fingerprint density at radius 2 is 1.59 bits per heavy atom. The number of fused-ring (bicyclic) bond motifs is 1. The fourth-order valence-corrected chi connectivity index (χ4v) is 2.47. The van der Waals surface area contributed by atoms with E-state index >= 15 is 0 Å². The summed E-state index contributed by atoms with van der Waals surface area (Å²) in [7, 11) is 0. The molecular weight excluding hydrogens is 348 g/mol. The molecule has 7 heteroatoms. The Kier molecular flexibility index (Phi) is 5.84. The van der Waals surface area contributed by atoms with Crippen molar-refractivity contribution in [2.24, 2.45) is 0 Å². The average molecular weight is 366 g/mol. The number of ether oxygens (including phenoxy) is 1. The smallest absolute Gasteiger partial charge is 0.428 e. The highest BCUT2D eigenvalue weighted by atomic mass is 16.8. The number of hydrogen-bond acceptors (Lipinski definition) is 5. The fourth-order valence-electron chi connectivity index (χ4n) is 2.47. The lowest BCUT2D eigenvalue weighted by Crippen LogP contribution is -2.32. The maximum absolute atomic E-state index is 11.3. The van der Waals surface area contributed by atoms with E-state index < -0.39 is 18.0 Å². The molecule has 1 aliphatic heterocycles. The number of amides is 2. The first-order chi connectivity index (χ1) is 13.1. The summed E-state index contributed by atoms with van der Waals surface area (Å²) in [6, 6.07) is 19.3. The van der Waals surface area contributed by atoms with E-state index in [4.69, 9.17) is 4.74 Å². The van der Waals surface area contributed by atoms with Crippen LogP contribution in [0.25, 0.3) is 10.9 Å². The minimum atomic E-state index is -1.07. The van der Waals surface area contributed by atoms with Gasteiger partial charge in [-0.05, 0) is 23.1 Å². The first-order valence-corrected chi connectivity index (χ1v) is 8.40. The number of imide groups is 1. The number of nitrogens with one attached hydrogen (secondary N) is 1. The molecule has 0 bridgehead atoms. The lowest BCUT2D eigenvalue weighted by Gasteiger charge is -2.12. The van der Waals surface area contributed by atoms with E-state index in [-0.39, 0.29) is 19.4 Å². The molecule has 3 aromatic rings. The normalized spacial score (nSPS) is 13.3. The molecule has 27 heavy (non-hydrogen) atoms. The van der Waals surface area contributed by atoms with Crippen molar-refractivity contribution in [3.63, 3.8) is 0 Å². The Labute approximate surface area is 155 Å². The number of carbonyl (C=O) groups excluding carboxylic acids is 3. The number of para-hydroxylation sites is 1. The average Bonchev–Trinajstić information content (AvgIpc) is 3.30. The second-order valence-corrected chi connectivity index (χ2v) is 5.76. The van der Waals surface area contributed by atoms with Gasteiger partial charge >= 0.3 is 6.16 Å². The molecule has 2 heterocycles. The maximum atomic E-state index is 11.3. The second-order valence-electron chi connectivity index (χ2n) is 5.76. The molecule has 1 fully saturated rings. The molecule has 0 saturated carbocycles. The standard InChI is InChI=1S/C12H11NO5.C8H7N/c14-10-6-7-11(15)13(10)18-12(16)17-8-9-4-2-1-3-5-9;1-2-4-8-7(3-1)5-6-9-8/h1-5H,6-8H2;1-6,9H. The van der Waals surface area contributed by atoms with Crippen LogP contribution in [0.5, 0.6) is 0 Å². The molecule has 0 spiro atoms. The SMILES string of the molecule is O=C(OCc1ccccc1)ON1C(=O)CCC1=O.c1ccc2[nH]ccc2c1. The van der Waals surface area contributed by atoms with Gasteiger partial charge in [-0.25, -0.2) is 4.79 Å². The van der Waals surface area contributed by atoms with Crippen LogP contribution in [0.4, 0.5) is 4.79 Å². The highest BCUT2D eigenvalue weighted by molar-refractivity contribution is 6.01. The minimum Gasteiger partial charge on any atom is -0.428 e. The summed E-state index contributed by atoms with van der Waals surface area (Å²) < 4.78 is 4.78. The van der Waals surface area contributed by atoms with Crippen molar-refractivity contribution >= 4 is 28.9 Å². The summed E-state index contributed by atoms with van der Waals surface area (Å²) in [6.45, 7) is 0.0237. The number of hydrogen-bond donors (Lipinski definition) is 1.